The number of methoxy groups -OCH3 is 1. The molecule has 4 aliphatic rings. The van der Waals surface area contributed by atoms with E-state index in [1.165, 1.54) is 30.2 Å². The van der Waals surface area contributed by atoms with Crippen LogP contribution >= 0.6 is 0 Å². The summed E-state index contributed by atoms with van der Waals surface area (Å²) in [6, 6.07) is 18.8. The third-order valence-electron chi connectivity index (χ3n) is 10.7. The van der Waals surface area contributed by atoms with Gasteiger partial charge in [-0.05, 0) is 60.6 Å². The van der Waals surface area contributed by atoms with Gasteiger partial charge in [0.05, 0.1) is 18.9 Å². The predicted octanol–water partition coefficient (Wildman–Crippen LogP) is 3.64. The fourth-order valence-electron chi connectivity index (χ4n) is 7.44. The van der Waals surface area contributed by atoms with E-state index >= 15 is 0 Å². The van der Waals surface area contributed by atoms with Crippen LogP contribution in [-0.2, 0) is 29.2 Å². The molecule has 0 spiro atoms. The number of sulfonamides is 1. The Morgan fingerprint density at radius 1 is 0.982 bits per heavy atom. The minimum Gasteiger partial charge on any atom is -0.497 e. The largest absolute Gasteiger partial charge is 0.497 e. The number of hydrogen-bond donors (Lipinski definition) is 3. The second-order valence-electron chi connectivity index (χ2n) is 14.8. The van der Waals surface area contributed by atoms with Crippen molar-refractivity contribution in [2.75, 3.05) is 13.7 Å². The summed E-state index contributed by atoms with van der Waals surface area (Å²) in [5, 5.41) is 18.3. The Hall–Kier alpha value is -5.54. The summed E-state index contributed by atoms with van der Waals surface area (Å²) in [4.78, 5) is 63.1. The van der Waals surface area contributed by atoms with Crippen LogP contribution in [0.3, 0.4) is 0 Å². The molecule has 7 rings (SSSR count). The number of likely N-dealkylation sites (tertiary alicyclic amines) is 1. The fraction of sp³-hybridized carbons (Fsp3) is 0.375. The topological polar surface area (TPSA) is 184 Å². The molecule has 5 atom stereocenters. The Kier molecular flexibility index (Phi) is 10.0. The smallest absolute Gasteiger partial charge is 0.277 e. The van der Waals surface area contributed by atoms with Crippen molar-refractivity contribution in [3.63, 3.8) is 0 Å². The van der Waals surface area contributed by atoms with E-state index in [1.54, 1.807) is 26.0 Å². The first-order valence-corrected chi connectivity index (χ1v) is 19.7. The van der Waals surface area contributed by atoms with Gasteiger partial charge in [0.1, 0.15) is 35.2 Å². The van der Waals surface area contributed by atoms with Crippen molar-refractivity contribution in [1.82, 2.24) is 20.0 Å². The molecule has 15 heteroatoms. The van der Waals surface area contributed by atoms with Crippen molar-refractivity contribution < 1.29 is 42.4 Å². The lowest BCUT2D eigenvalue weighted by atomic mass is 10.0. The number of oxime groups is 1. The molecule has 0 bridgehead atoms. The molecule has 3 N–H and O–H groups in total. The van der Waals surface area contributed by atoms with Gasteiger partial charge in [0.25, 0.3) is 11.8 Å². The van der Waals surface area contributed by atoms with Crippen LogP contribution in [0.2, 0.25) is 0 Å². The van der Waals surface area contributed by atoms with Gasteiger partial charge in [-0.25, -0.2) is 13.5 Å². The predicted molar refractivity (Wildman–Crippen MR) is 201 cm³/mol. The molecule has 288 valence electrons. The van der Waals surface area contributed by atoms with Crippen molar-refractivity contribution >= 4 is 39.4 Å². The van der Waals surface area contributed by atoms with E-state index in [-0.39, 0.29) is 24.9 Å². The molecule has 3 fully saturated rings. The van der Waals surface area contributed by atoms with Crippen LogP contribution in [0.15, 0.2) is 90.6 Å². The van der Waals surface area contributed by atoms with Crippen molar-refractivity contribution in [3.8, 4) is 16.9 Å². The average Bonchev–Trinajstić information content (AvgIpc) is 4.09. The molecule has 55 heavy (non-hydrogen) atoms. The standard InChI is InChI=1S/C40H43N5O9S/c1-5-25-21-40(25,39(49)43-55(51,52)28-18-19-28)41-36(46)33-20-27(54-42-34-31-12-8-6-10-29(31)30-11-7-9-13-32(30)34)22-44(33)38(48)35(23(2)3)45(50)37(47)24-14-16-26(53-4)17-15-24/h5-17,23,25,27-28,33,35,50H,1,18-22H2,2-4H3,(H,41,46)(H,43,49)/t25-,27-,33+,35-,40+/m1/s1. The van der Waals surface area contributed by atoms with Crippen LogP contribution in [-0.4, -0.2) is 95.6 Å². The summed E-state index contributed by atoms with van der Waals surface area (Å²) in [6.07, 6.45) is 1.58. The van der Waals surface area contributed by atoms with Crippen molar-refractivity contribution in [2.45, 2.75) is 68.5 Å². The summed E-state index contributed by atoms with van der Waals surface area (Å²) in [6.45, 7) is 6.93. The van der Waals surface area contributed by atoms with E-state index in [2.05, 4.69) is 21.8 Å². The van der Waals surface area contributed by atoms with Gasteiger partial charge in [-0.1, -0.05) is 73.6 Å². The Morgan fingerprint density at radius 3 is 2.11 bits per heavy atom. The minimum atomic E-state index is -3.93. The highest BCUT2D eigenvalue weighted by Gasteiger charge is 2.62. The van der Waals surface area contributed by atoms with Crippen molar-refractivity contribution in [2.24, 2.45) is 17.0 Å². The number of nitrogens with one attached hydrogen (secondary N) is 2. The first-order valence-electron chi connectivity index (χ1n) is 18.2. The van der Waals surface area contributed by atoms with Crippen LogP contribution in [0.1, 0.15) is 61.0 Å². The number of hydrogen-bond acceptors (Lipinski definition) is 10. The number of nitrogens with zero attached hydrogens (tertiary/aromatic N) is 3. The van der Waals surface area contributed by atoms with Crippen LogP contribution in [0, 0.1) is 11.8 Å². The van der Waals surface area contributed by atoms with Gasteiger partial charge in [0.15, 0.2) is 0 Å². The summed E-state index contributed by atoms with van der Waals surface area (Å²) in [5.41, 5.74) is 2.77. The first-order chi connectivity index (χ1) is 26.3. The zero-order valence-electron chi connectivity index (χ0n) is 30.7. The molecular formula is C40H43N5O9S. The molecule has 0 unspecified atom stereocenters. The number of ether oxygens (including phenoxy) is 1. The Morgan fingerprint density at radius 2 is 1.58 bits per heavy atom. The lowest BCUT2D eigenvalue weighted by molar-refractivity contribution is -0.159. The van der Waals surface area contributed by atoms with Gasteiger partial charge in [0.2, 0.25) is 21.8 Å². The van der Waals surface area contributed by atoms with Crippen molar-refractivity contribution in [3.05, 3.63) is 102 Å². The maximum absolute atomic E-state index is 14.5. The highest BCUT2D eigenvalue weighted by Crippen LogP contribution is 2.45. The van der Waals surface area contributed by atoms with E-state index in [9.17, 15) is 32.8 Å². The second kappa shape index (κ2) is 14.6. The van der Waals surface area contributed by atoms with Gasteiger partial charge in [-0.3, -0.25) is 29.1 Å². The van der Waals surface area contributed by atoms with E-state index in [0.717, 1.165) is 22.3 Å². The highest BCUT2D eigenvalue weighted by atomic mass is 32.2. The third-order valence-corrected chi connectivity index (χ3v) is 12.6. The van der Waals surface area contributed by atoms with Crippen LogP contribution < -0.4 is 14.8 Å². The molecule has 3 aromatic carbocycles. The van der Waals surface area contributed by atoms with Gasteiger partial charge in [-0.15, -0.1) is 6.58 Å². The zero-order valence-corrected chi connectivity index (χ0v) is 31.5. The maximum atomic E-state index is 14.5. The molecule has 14 nitrogen and oxygen atoms in total. The lowest BCUT2D eigenvalue weighted by Gasteiger charge is -2.34. The quantitative estimate of drug-likeness (QED) is 0.104. The van der Waals surface area contributed by atoms with Crippen LogP contribution in [0.5, 0.6) is 5.75 Å². The normalized spacial score (nSPS) is 22.9. The van der Waals surface area contributed by atoms with Gasteiger partial charge in [-0.2, -0.15) is 0 Å². The SMILES string of the molecule is C=C[C@@H]1C[C@@]1(NC(=O)[C@@H]1C[C@@H](ON=C2c3ccccc3-c3ccccc32)CN1C(=O)[C@@H](C(C)C)N(O)C(=O)c1ccc(OC)cc1)C(=O)NS(=O)(=O)C1CC1. The van der Waals surface area contributed by atoms with Gasteiger partial charge < -0.3 is 19.8 Å². The highest BCUT2D eigenvalue weighted by molar-refractivity contribution is 7.91. The van der Waals surface area contributed by atoms with Crippen LogP contribution in [0.4, 0.5) is 0 Å². The van der Waals surface area contributed by atoms with E-state index in [1.807, 2.05) is 48.5 Å². The van der Waals surface area contributed by atoms with Gasteiger partial charge >= 0.3 is 0 Å². The second-order valence-corrected chi connectivity index (χ2v) is 16.7. The molecular weight excluding hydrogens is 727 g/mol. The molecule has 1 aliphatic heterocycles. The number of fused-ring (bicyclic) bond motifs is 3. The molecule has 2 saturated carbocycles. The number of amides is 4. The Balaban J connectivity index is 1.18. The third kappa shape index (κ3) is 7.09. The molecule has 0 radical (unpaired) electrons. The summed E-state index contributed by atoms with van der Waals surface area (Å²) in [7, 11) is -2.45. The average molecular weight is 770 g/mol. The number of rotatable bonds is 13. The first kappa shape index (κ1) is 37.8. The molecule has 1 saturated heterocycles. The number of carbonyl (C=O) groups excluding carboxylic acids is 4. The Labute approximate surface area is 319 Å². The number of hydroxylamine groups is 2. The molecule has 4 amide bonds. The molecule has 0 aromatic heterocycles. The minimum absolute atomic E-state index is 0.0584. The Bertz CT molecular complexity index is 2140. The van der Waals surface area contributed by atoms with E-state index in [0.29, 0.717) is 29.4 Å². The number of carbonyl (C=O) groups is 4. The monoisotopic (exact) mass is 769 g/mol. The summed E-state index contributed by atoms with van der Waals surface area (Å²) >= 11 is 0. The molecule has 3 aliphatic carbocycles. The lowest BCUT2D eigenvalue weighted by Crippen LogP contribution is -2.59. The zero-order chi connectivity index (χ0) is 39.2. The van der Waals surface area contributed by atoms with Gasteiger partial charge in [0, 0.05) is 29.0 Å². The molecule has 1 heterocycles. The summed E-state index contributed by atoms with van der Waals surface area (Å²) < 4.78 is 32.7. The fourth-order valence-corrected chi connectivity index (χ4v) is 8.80. The molecule has 3 aromatic rings. The van der Waals surface area contributed by atoms with E-state index in [4.69, 9.17) is 9.57 Å². The van der Waals surface area contributed by atoms with E-state index < -0.39 is 74.5 Å². The van der Waals surface area contributed by atoms with Crippen LogP contribution in [0.25, 0.3) is 11.1 Å². The van der Waals surface area contributed by atoms with Crippen molar-refractivity contribution in [1.29, 1.82) is 0 Å². The maximum Gasteiger partial charge on any atom is 0.277 e. The number of benzene rings is 3. The summed E-state index contributed by atoms with van der Waals surface area (Å²) in [5.74, 6) is -3.87.